The van der Waals surface area contributed by atoms with Crippen LogP contribution in [-0.2, 0) is 6.54 Å². The number of nitrogens with zero attached hydrogens (tertiary/aromatic N) is 3. The molecule has 7 heteroatoms. The SMILES string of the molecule is CCn1nc(C)cc1C(=O)N(CCBr)CC(F)F. The average molecular weight is 324 g/mol. The predicted molar refractivity (Wildman–Crippen MR) is 68.3 cm³/mol. The van der Waals surface area contributed by atoms with Gasteiger partial charge in [0, 0.05) is 18.4 Å². The lowest BCUT2D eigenvalue weighted by molar-refractivity contribution is 0.0562. The lowest BCUT2D eigenvalue weighted by Crippen LogP contribution is -2.37. The highest BCUT2D eigenvalue weighted by Gasteiger charge is 2.22. The quantitative estimate of drug-likeness (QED) is 0.753. The summed E-state index contributed by atoms with van der Waals surface area (Å²) in [5.74, 6) is -0.405. The van der Waals surface area contributed by atoms with E-state index in [4.69, 9.17) is 0 Å². The Bertz CT molecular complexity index is 409. The molecule has 0 atom stereocenters. The van der Waals surface area contributed by atoms with Crippen molar-refractivity contribution in [2.45, 2.75) is 26.8 Å². The molecule has 1 amide bonds. The molecule has 0 radical (unpaired) electrons. The standard InChI is InChI=1S/C11H16BrF2N3O/c1-3-17-9(6-8(2)15-17)11(18)16(5-4-12)7-10(13)14/h6,10H,3-5,7H2,1-2H3. The minimum absolute atomic E-state index is 0.247. The molecule has 18 heavy (non-hydrogen) atoms. The monoisotopic (exact) mass is 323 g/mol. The molecule has 0 N–H and O–H groups in total. The Balaban J connectivity index is 2.93. The Hall–Kier alpha value is -0.980. The minimum atomic E-state index is -2.54. The molecule has 0 spiro atoms. The van der Waals surface area contributed by atoms with E-state index in [2.05, 4.69) is 21.0 Å². The first-order valence-corrected chi connectivity index (χ1v) is 6.79. The summed E-state index contributed by atoms with van der Waals surface area (Å²) in [6.07, 6.45) is -2.54. The van der Waals surface area contributed by atoms with Gasteiger partial charge in [-0.2, -0.15) is 5.10 Å². The molecule has 0 unspecified atom stereocenters. The summed E-state index contributed by atoms with van der Waals surface area (Å²) in [7, 11) is 0. The summed E-state index contributed by atoms with van der Waals surface area (Å²) in [6.45, 7) is 3.84. The van der Waals surface area contributed by atoms with E-state index in [-0.39, 0.29) is 6.54 Å². The molecule has 0 aliphatic heterocycles. The van der Waals surface area contributed by atoms with Gasteiger partial charge in [0.25, 0.3) is 12.3 Å². The van der Waals surface area contributed by atoms with Crippen LogP contribution in [0.15, 0.2) is 6.07 Å². The lowest BCUT2D eigenvalue weighted by Gasteiger charge is -2.21. The second kappa shape index (κ2) is 6.82. The molecule has 0 aliphatic carbocycles. The van der Waals surface area contributed by atoms with Crippen LogP contribution in [0.3, 0.4) is 0 Å². The molecular weight excluding hydrogens is 308 g/mol. The molecule has 0 fully saturated rings. The third-order valence-electron chi connectivity index (χ3n) is 2.42. The van der Waals surface area contributed by atoms with Gasteiger partial charge in [-0.25, -0.2) is 8.78 Å². The highest BCUT2D eigenvalue weighted by atomic mass is 79.9. The zero-order valence-corrected chi connectivity index (χ0v) is 12.0. The summed E-state index contributed by atoms with van der Waals surface area (Å²) in [4.78, 5) is 13.3. The van der Waals surface area contributed by atoms with Crippen LogP contribution in [0.1, 0.15) is 23.1 Å². The van der Waals surface area contributed by atoms with E-state index < -0.39 is 18.9 Å². The average Bonchev–Trinajstić information content (AvgIpc) is 2.68. The number of carbonyl (C=O) groups excluding carboxylic acids is 1. The number of hydrogen-bond donors (Lipinski definition) is 0. The number of carbonyl (C=O) groups is 1. The molecule has 0 aromatic carbocycles. The normalized spacial score (nSPS) is 11.0. The van der Waals surface area contributed by atoms with E-state index in [1.807, 2.05) is 6.92 Å². The summed E-state index contributed by atoms with van der Waals surface area (Å²) >= 11 is 3.16. The summed E-state index contributed by atoms with van der Waals surface area (Å²) < 4.78 is 26.4. The number of aromatic nitrogens is 2. The van der Waals surface area contributed by atoms with Gasteiger partial charge >= 0.3 is 0 Å². The van der Waals surface area contributed by atoms with Crippen molar-refractivity contribution in [2.24, 2.45) is 0 Å². The third kappa shape index (κ3) is 3.76. The first-order valence-electron chi connectivity index (χ1n) is 5.67. The smallest absolute Gasteiger partial charge is 0.272 e. The molecule has 102 valence electrons. The highest BCUT2D eigenvalue weighted by molar-refractivity contribution is 9.09. The van der Waals surface area contributed by atoms with Crippen LogP contribution >= 0.6 is 15.9 Å². The Morgan fingerprint density at radius 3 is 2.78 bits per heavy atom. The van der Waals surface area contributed by atoms with Crippen LogP contribution in [-0.4, -0.2) is 45.4 Å². The maximum atomic E-state index is 12.4. The van der Waals surface area contributed by atoms with Crippen LogP contribution in [0.4, 0.5) is 8.78 Å². The van der Waals surface area contributed by atoms with Gasteiger partial charge in [-0.15, -0.1) is 0 Å². The van der Waals surface area contributed by atoms with Gasteiger partial charge in [-0.05, 0) is 19.9 Å². The minimum Gasteiger partial charge on any atom is -0.331 e. The molecule has 1 aromatic heterocycles. The van der Waals surface area contributed by atoms with E-state index >= 15 is 0 Å². The lowest BCUT2D eigenvalue weighted by atomic mass is 10.3. The van der Waals surface area contributed by atoms with E-state index in [0.717, 1.165) is 4.90 Å². The molecule has 0 saturated heterocycles. The Morgan fingerprint density at radius 1 is 1.61 bits per heavy atom. The Morgan fingerprint density at radius 2 is 2.28 bits per heavy atom. The van der Waals surface area contributed by atoms with Crippen LogP contribution in [0, 0.1) is 6.92 Å². The van der Waals surface area contributed by atoms with Gasteiger partial charge in [0.2, 0.25) is 0 Å². The van der Waals surface area contributed by atoms with Crippen molar-refractivity contribution in [2.75, 3.05) is 18.4 Å². The van der Waals surface area contributed by atoms with E-state index in [9.17, 15) is 13.6 Å². The fourth-order valence-electron chi connectivity index (χ4n) is 1.67. The van der Waals surface area contributed by atoms with Gasteiger partial charge in [-0.1, -0.05) is 15.9 Å². The van der Waals surface area contributed by atoms with E-state index in [0.29, 0.717) is 23.3 Å². The first-order chi connectivity index (χ1) is 8.49. The van der Waals surface area contributed by atoms with E-state index in [1.54, 1.807) is 13.0 Å². The predicted octanol–water partition coefficient (Wildman–Crippen LogP) is 2.31. The van der Waals surface area contributed by atoms with Crippen molar-refractivity contribution in [3.05, 3.63) is 17.5 Å². The first kappa shape index (κ1) is 15.1. The van der Waals surface area contributed by atoms with Crippen molar-refractivity contribution < 1.29 is 13.6 Å². The van der Waals surface area contributed by atoms with Gasteiger partial charge in [0.15, 0.2) is 0 Å². The number of amides is 1. The van der Waals surface area contributed by atoms with Crippen LogP contribution in [0.25, 0.3) is 0 Å². The molecule has 0 bridgehead atoms. The molecule has 1 rings (SSSR count). The van der Waals surface area contributed by atoms with Gasteiger partial charge in [-0.3, -0.25) is 9.48 Å². The van der Waals surface area contributed by atoms with Gasteiger partial charge in [0.05, 0.1) is 12.2 Å². The van der Waals surface area contributed by atoms with Crippen molar-refractivity contribution >= 4 is 21.8 Å². The van der Waals surface area contributed by atoms with Gasteiger partial charge in [0.1, 0.15) is 5.69 Å². The Kier molecular flexibility index (Phi) is 5.71. The number of alkyl halides is 3. The molecule has 1 heterocycles. The van der Waals surface area contributed by atoms with E-state index in [1.165, 1.54) is 4.68 Å². The molecular formula is C11H16BrF2N3O. The van der Waals surface area contributed by atoms with Crippen LogP contribution in [0.2, 0.25) is 0 Å². The molecule has 4 nitrogen and oxygen atoms in total. The third-order valence-corrected chi connectivity index (χ3v) is 2.78. The number of rotatable bonds is 6. The summed E-state index contributed by atoms with van der Waals surface area (Å²) in [5.41, 5.74) is 1.06. The molecule has 0 aliphatic rings. The van der Waals surface area contributed by atoms with Gasteiger partial charge < -0.3 is 4.90 Å². The summed E-state index contributed by atoms with van der Waals surface area (Å²) in [5, 5.41) is 4.60. The number of hydrogen-bond acceptors (Lipinski definition) is 2. The fraction of sp³-hybridized carbons (Fsp3) is 0.636. The van der Waals surface area contributed by atoms with Crippen molar-refractivity contribution in [1.82, 2.24) is 14.7 Å². The van der Waals surface area contributed by atoms with Crippen molar-refractivity contribution in [3.8, 4) is 0 Å². The van der Waals surface area contributed by atoms with Crippen LogP contribution in [0.5, 0.6) is 0 Å². The molecule has 0 saturated carbocycles. The maximum Gasteiger partial charge on any atom is 0.272 e. The highest BCUT2D eigenvalue weighted by Crippen LogP contribution is 2.10. The summed E-state index contributed by atoms with van der Waals surface area (Å²) in [6, 6.07) is 1.62. The van der Waals surface area contributed by atoms with Crippen molar-refractivity contribution in [1.29, 1.82) is 0 Å². The zero-order chi connectivity index (χ0) is 13.7. The fourth-order valence-corrected chi connectivity index (χ4v) is 2.09. The maximum absolute atomic E-state index is 12.4. The topological polar surface area (TPSA) is 38.1 Å². The Labute approximate surface area is 113 Å². The largest absolute Gasteiger partial charge is 0.331 e. The second-order valence-corrected chi connectivity index (χ2v) is 4.61. The van der Waals surface area contributed by atoms with Crippen molar-refractivity contribution in [3.63, 3.8) is 0 Å². The second-order valence-electron chi connectivity index (χ2n) is 3.82. The zero-order valence-electron chi connectivity index (χ0n) is 10.4. The molecule has 1 aromatic rings. The number of halogens is 3. The van der Waals surface area contributed by atoms with Crippen LogP contribution < -0.4 is 0 Å². The number of aryl methyl sites for hydroxylation is 2.